The lowest BCUT2D eigenvalue weighted by Gasteiger charge is -2.14. The highest BCUT2D eigenvalue weighted by Crippen LogP contribution is 2.25. The average molecular weight is 421 g/mol. The molecule has 0 fully saturated rings. The molecule has 0 aliphatic rings. The second kappa shape index (κ2) is 8.37. The summed E-state index contributed by atoms with van der Waals surface area (Å²) < 4.78 is 19.9. The minimum Gasteiger partial charge on any atom is -0.489 e. The van der Waals surface area contributed by atoms with Gasteiger partial charge in [-0.15, -0.1) is 0 Å². The number of anilines is 1. The Morgan fingerprint density at radius 2 is 1.68 bits per heavy atom. The van der Waals surface area contributed by atoms with E-state index in [1.54, 1.807) is 18.2 Å². The lowest BCUT2D eigenvalue weighted by atomic mass is 10.2. The van der Waals surface area contributed by atoms with Crippen LogP contribution in [-0.4, -0.2) is 0 Å². The van der Waals surface area contributed by atoms with Crippen LogP contribution in [0.15, 0.2) is 71.2 Å². The summed E-state index contributed by atoms with van der Waals surface area (Å²) in [5, 5.41) is 4.01. The van der Waals surface area contributed by atoms with Gasteiger partial charge in [0, 0.05) is 27.3 Å². The molecule has 3 aromatic carbocycles. The molecule has 1 N–H and O–H groups in total. The first-order chi connectivity index (χ1) is 12.1. The number of hydrogen-bond donors (Lipinski definition) is 1. The van der Waals surface area contributed by atoms with Gasteiger partial charge in [-0.05, 0) is 60.2 Å². The van der Waals surface area contributed by atoms with Gasteiger partial charge in [-0.1, -0.05) is 39.7 Å². The van der Waals surface area contributed by atoms with Crippen molar-refractivity contribution < 1.29 is 9.13 Å². The van der Waals surface area contributed by atoms with Crippen molar-refractivity contribution in [1.29, 1.82) is 0 Å². The Hall–Kier alpha value is -2.04. The topological polar surface area (TPSA) is 21.3 Å². The van der Waals surface area contributed by atoms with Gasteiger partial charge in [0.05, 0.1) is 0 Å². The SMILES string of the molecule is Fc1ccc(COc2ccc(Cl)cc2CNc2ccc(Br)cc2)cc1. The third-order valence-corrected chi connectivity index (χ3v) is 4.42. The Morgan fingerprint density at radius 3 is 2.40 bits per heavy atom. The predicted octanol–water partition coefficient (Wildman–Crippen LogP) is 6.43. The van der Waals surface area contributed by atoms with Crippen molar-refractivity contribution in [3.05, 3.63) is 93.2 Å². The Morgan fingerprint density at radius 1 is 0.960 bits per heavy atom. The lowest BCUT2D eigenvalue weighted by molar-refractivity contribution is 0.303. The fourth-order valence-corrected chi connectivity index (χ4v) is 2.79. The molecule has 0 heterocycles. The molecule has 0 saturated carbocycles. The molecule has 0 bridgehead atoms. The maximum Gasteiger partial charge on any atom is 0.124 e. The number of halogens is 3. The fourth-order valence-electron chi connectivity index (χ4n) is 2.33. The van der Waals surface area contributed by atoms with Crippen molar-refractivity contribution in [3.63, 3.8) is 0 Å². The van der Waals surface area contributed by atoms with Crippen molar-refractivity contribution in [1.82, 2.24) is 0 Å². The smallest absolute Gasteiger partial charge is 0.124 e. The van der Waals surface area contributed by atoms with Crippen molar-refractivity contribution in [3.8, 4) is 5.75 Å². The van der Waals surface area contributed by atoms with E-state index in [0.717, 1.165) is 27.0 Å². The van der Waals surface area contributed by atoms with Gasteiger partial charge in [0.15, 0.2) is 0 Å². The average Bonchev–Trinajstić information content (AvgIpc) is 2.62. The molecule has 0 aliphatic heterocycles. The molecule has 3 aromatic rings. The van der Waals surface area contributed by atoms with Crippen molar-refractivity contribution in [2.45, 2.75) is 13.2 Å². The summed E-state index contributed by atoms with van der Waals surface area (Å²) >= 11 is 9.54. The molecule has 0 atom stereocenters. The molecule has 25 heavy (non-hydrogen) atoms. The molecule has 128 valence electrons. The van der Waals surface area contributed by atoms with E-state index in [0.29, 0.717) is 18.2 Å². The van der Waals surface area contributed by atoms with Crippen LogP contribution in [0.25, 0.3) is 0 Å². The highest BCUT2D eigenvalue weighted by Gasteiger charge is 2.06. The molecule has 5 heteroatoms. The van der Waals surface area contributed by atoms with E-state index >= 15 is 0 Å². The minimum absolute atomic E-state index is 0.255. The van der Waals surface area contributed by atoms with Gasteiger partial charge < -0.3 is 10.1 Å². The first-order valence-corrected chi connectivity index (χ1v) is 8.92. The van der Waals surface area contributed by atoms with Crippen LogP contribution in [0.5, 0.6) is 5.75 Å². The lowest BCUT2D eigenvalue weighted by Crippen LogP contribution is -2.04. The van der Waals surface area contributed by atoms with Crippen molar-refractivity contribution in [2.75, 3.05) is 5.32 Å². The molecule has 0 saturated heterocycles. The minimum atomic E-state index is -0.255. The van der Waals surface area contributed by atoms with Crippen LogP contribution in [-0.2, 0) is 13.2 Å². The highest BCUT2D eigenvalue weighted by molar-refractivity contribution is 9.10. The largest absolute Gasteiger partial charge is 0.489 e. The van der Waals surface area contributed by atoms with Crippen molar-refractivity contribution in [2.24, 2.45) is 0 Å². The second-order valence-electron chi connectivity index (χ2n) is 5.53. The zero-order valence-electron chi connectivity index (χ0n) is 13.3. The third-order valence-electron chi connectivity index (χ3n) is 3.66. The number of rotatable bonds is 6. The molecular weight excluding hydrogens is 405 g/mol. The molecule has 0 aliphatic carbocycles. The zero-order valence-corrected chi connectivity index (χ0v) is 15.6. The number of nitrogens with one attached hydrogen (secondary N) is 1. The summed E-state index contributed by atoms with van der Waals surface area (Å²) in [6, 6.07) is 19.8. The van der Waals surface area contributed by atoms with Crippen LogP contribution in [0, 0.1) is 5.82 Å². The van der Waals surface area contributed by atoms with Crippen LogP contribution < -0.4 is 10.1 Å². The Kier molecular flexibility index (Phi) is 5.95. The summed E-state index contributed by atoms with van der Waals surface area (Å²) in [5.41, 5.74) is 2.87. The summed E-state index contributed by atoms with van der Waals surface area (Å²) in [6.07, 6.45) is 0. The zero-order chi connectivity index (χ0) is 17.6. The molecule has 0 radical (unpaired) electrons. The molecule has 2 nitrogen and oxygen atoms in total. The van der Waals surface area contributed by atoms with E-state index in [1.807, 2.05) is 36.4 Å². The van der Waals surface area contributed by atoms with Gasteiger partial charge in [-0.25, -0.2) is 4.39 Å². The van der Waals surface area contributed by atoms with Gasteiger partial charge in [-0.2, -0.15) is 0 Å². The Balaban J connectivity index is 1.69. The van der Waals surface area contributed by atoms with E-state index < -0.39 is 0 Å². The maximum absolute atomic E-state index is 13.0. The molecule has 0 aromatic heterocycles. The van der Waals surface area contributed by atoms with Crippen LogP contribution in [0.1, 0.15) is 11.1 Å². The van der Waals surface area contributed by atoms with Crippen LogP contribution in [0.3, 0.4) is 0 Å². The molecule has 3 rings (SSSR count). The highest BCUT2D eigenvalue weighted by atomic mass is 79.9. The van der Waals surface area contributed by atoms with Gasteiger partial charge in [-0.3, -0.25) is 0 Å². The fraction of sp³-hybridized carbons (Fsp3) is 0.100. The summed E-state index contributed by atoms with van der Waals surface area (Å²) in [5.74, 6) is 0.493. The standard InChI is InChI=1S/C20H16BrClFNO/c21-16-3-8-19(9-4-16)24-12-15-11-17(22)5-10-20(15)25-13-14-1-6-18(23)7-2-14/h1-11,24H,12-13H2. The van der Waals surface area contributed by atoms with Crippen molar-refractivity contribution >= 4 is 33.2 Å². The van der Waals surface area contributed by atoms with Gasteiger partial charge in [0.2, 0.25) is 0 Å². The first kappa shape index (κ1) is 17.8. The van der Waals surface area contributed by atoms with E-state index in [1.165, 1.54) is 12.1 Å². The quantitative estimate of drug-likeness (QED) is 0.496. The van der Waals surface area contributed by atoms with E-state index in [4.69, 9.17) is 16.3 Å². The molecular formula is C20H16BrClFNO. The number of hydrogen-bond acceptors (Lipinski definition) is 2. The Labute approximate surface area is 159 Å². The maximum atomic E-state index is 13.0. The second-order valence-corrected chi connectivity index (χ2v) is 6.88. The summed E-state index contributed by atoms with van der Waals surface area (Å²) in [6.45, 7) is 0.953. The molecule has 0 amide bonds. The molecule has 0 unspecified atom stereocenters. The third kappa shape index (κ3) is 5.21. The van der Waals surface area contributed by atoms with Crippen LogP contribution in [0.2, 0.25) is 5.02 Å². The van der Waals surface area contributed by atoms with Crippen LogP contribution in [0.4, 0.5) is 10.1 Å². The van der Waals surface area contributed by atoms with E-state index in [-0.39, 0.29) is 5.82 Å². The first-order valence-electron chi connectivity index (χ1n) is 7.75. The van der Waals surface area contributed by atoms with Gasteiger partial charge >= 0.3 is 0 Å². The van der Waals surface area contributed by atoms with E-state index in [9.17, 15) is 4.39 Å². The summed E-state index contributed by atoms with van der Waals surface area (Å²) in [7, 11) is 0. The normalized spacial score (nSPS) is 10.5. The van der Waals surface area contributed by atoms with Gasteiger partial charge in [0.25, 0.3) is 0 Å². The monoisotopic (exact) mass is 419 g/mol. The predicted molar refractivity (Wildman–Crippen MR) is 104 cm³/mol. The summed E-state index contributed by atoms with van der Waals surface area (Å²) in [4.78, 5) is 0. The number of ether oxygens (including phenoxy) is 1. The van der Waals surface area contributed by atoms with E-state index in [2.05, 4.69) is 21.2 Å². The molecule has 0 spiro atoms. The van der Waals surface area contributed by atoms with Crippen LogP contribution >= 0.6 is 27.5 Å². The Bertz CT molecular complexity index is 837. The van der Waals surface area contributed by atoms with Gasteiger partial charge in [0.1, 0.15) is 18.2 Å². The number of benzene rings is 3.